The van der Waals surface area contributed by atoms with E-state index in [0.29, 0.717) is 22.9 Å². The van der Waals surface area contributed by atoms with Crippen molar-refractivity contribution in [3.05, 3.63) is 68.9 Å². The van der Waals surface area contributed by atoms with Crippen molar-refractivity contribution < 1.29 is 10.2 Å². The van der Waals surface area contributed by atoms with E-state index in [1.165, 1.54) is 82.6 Å². The number of fused-ring (bicyclic) bond motifs is 3. The summed E-state index contributed by atoms with van der Waals surface area (Å²) in [5.74, 6) is 6.66. The number of rotatable bonds is 4. The third-order valence-corrected chi connectivity index (χ3v) is 14.9. The largest absolute Gasteiger partial charge is 0.384 e. The highest BCUT2D eigenvalue weighted by molar-refractivity contribution is 6.37. The van der Waals surface area contributed by atoms with Gasteiger partial charge in [0, 0.05) is 5.03 Å². The maximum absolute atomic E-state index is 11.2. The topological polar surface area (TPSA) is 40.5 Å². The van der Waals surface area contributed by atoms with Gasteiger partial charge in [0.1, 0.15) is 6.10 Å². The van der Waals surface area contributed by atoms with E-state index >= 15 is 0 Å². The molecule has 2 fully saturated rings. The normalized spacial score (nSPS) is 45.0. The summed E-state index contributed by atoms with van der Waals surface area (Å²) in [5.41, 5.74) is 7.67. The van der Waals surface area contributed by atoms with Gasteiger partial charge in [0.15, 0.2) is 0 Å². The molecule has 8 rings (SSSR count). The SMILES string of the molecule is CC1(C)C2=C(CCCC2)C(CCC2C3C=CCCC32)CC2CC3CCC(/C=C4\C(O)C5=C(CC(Cl)C(Cl)=C5)C4O)=CC3CC21. The smallest absolute Gasteiger partial charge is 0.103 e. The molecule has 238 valence electrons. The van der Waals surface area contributed by atoms with E-state index in [4.69, 9.17) is 23.2 Å². The summed E-state index contributed by atoms with van der Waals surface area (Å²) < 4.78 is 0. The summed E-state index contributed by atoms with van der Waals surface area (Å²) >= 11 is 12.7. The minimum absolute atomic E-state index is 0.283. The lowest BCUT2D eigenvalue weighted by molar-refractivity contribution is 0.0504. The van der Waals surface area contributed by atoms with E-state index in [0.717, 1.165) is 59.0 Å². The highest BCUT2D eigenvalue weighted by Gasteiger charge is 2.51. The summed E-state index contributed by atoms with van der Waals surface area (Å²) in [6.45, 7) is 5.24. The molecule has 0 spiro atoms. The van der Waals surface area contributed by atoms with Gasteiger partial charge in [-0.3, -0.25) is 0 Å². The predicted molar refractivity (Wildman–Crippen MR) is 181 cm³/mol. The van der Waals surface area contributed by atoms with E-state index in [1.54, 1.807) is 6.08 Å². The first-order valence-electron chi connectivity index (χ1n) is 18.1. The van der Waals surface area contributed by atoms with Crippen LogP contribution in [0.1, 0.15) is 104 Å². The highest BCUT2D eigenvalue weighted by atomic mass is 35.5. The fraction of sp³-hybridized carbons (Fsp3) is 0.700. The summed E-state index contributed by atoms with van der Waals surface area (Å²) in [6.07, 6.45) is 27.9. The molecule has 0 bridgehead atoms. The number of halogens is 2. The molecular weight excluding hydrogens is 583 g/mol. The number of aliphatic hydroxyl groups is 2. The Bertz CT molecular complexity index is 1380. The Morgan fingerprint density at radius 2 is 1.80 bits per heavy atom. The van der Waals surface area contributed by atoms with Crippen molar-refractivity contribution >= 4 is 23.2 Å². The zero-order valence-corrected chi connectivity index (χ0v) is 28.3. The quantitative estimate of drug-likeness (QED) is 0.239. The fourth-order valence-corrected chi connectivity index (χ4v) is 12.2. The van der Waals surface area contributed by atoms with Crippen LogP contribution < -0.4 is 0 Å². The zero-order valence-electron chi connectivity index (χ0n) is 26.8. The summed E-state index contributed by atoms with van der Waals surface area (Å²) in [6, 6.07) is 0. The van der Waals surface area contributed by atoms with Gasteiger partial charge < -0.3 is 10.2 Å². The van der Waals surface area contributed by atoms with Crippen LogP contribution in [0.3, 0.4) is 0 Å². The van der Waals surface area contributed by atoms with Gasteiger partial charge in [-0.15, -0.1) is 11.6 Å². The van der Waals surface area contributed by atoms with Crippen LogP contribution in [0.15, 0.2) is 68.9 Å². The lowest BCUT2D eigenvalue weighted by Crippen LogP contribution is -2.40. The Morgan fingerprint density at radius 1 is 0.955 bits per heavy atom. The van der Waals surface area contributed by atoms with Crippen LogP contribution >= 0.6 is 23.2 Å². The average molecular weight is 636 g/mol. The van der Waals surface area contributed by atoms with Gasteiger partial charge in [-0.25, -0.2) is 0 Å². The lowest BCUT2D eigenvalue weighted by atomic mass is 9.56. The second kappa shape index (κ2) is 11.6. The van der Waals surface area contributed by atoms with Gasteiger partial charge in [-0.1, -0.05) is 66.5 Å². The maximum Gasteiger partial charge on any atom is 0.103 e. The van der Waals surface area contributed by atoms with Gasteiger partial charge in [0.05, 0.1) is 11.5 Å². The molecule has 0 heterocycles. The van der Waals surface area contributed by atoms with Crippen LogP contribution in [0, 0.1) is 52.8 Å². The van der Waals surface area contributed by atoms with Crippen LogP contribution in [0.25, 0.3) is 0 Å². The molecule has 0 aliphatic heterocycles. The van der Waals surface area contributed by atoms with Gasteiger partial charge in [0.25, 0.3) is 0 Å². The van der Waals surface area contributed by atoms with E-state index in [1.807, 2.05) is 11.1 Å². The molecule has 0 aromatic carbocycles. The molecular formula is C40H52Cl2O2. The summed E-state index contributed by atoms with van der Waals surface area (Å²) in [7, 11) is 0. The highest BCUT2D eigenvalue weighted by Crippen LogP contribution is 2.61. The molecule has 0 aromatic rings. The molecule has 4 heteroatoms. The molecule has 11 unspecified atom stereocenters. The molecule has 2 N–H and O–H groups in total. The van der Waals surface area contributed by atoms with Crippen LogP contribution in [0.4, 0.5) is 0 Å². The van der Waals surface area contributed by atoms with Crippen LogP contribution in [-0.2, 0) is 0 Å². The van der Waals surface area contributed by atoms with Crippen molar-refractivity contribution in [3.8, 4) is 0 Å². The molecule has 0 amide bonds. The second-order valence-corrected chi connectivity index (χ2v) is 17.5. The van der Waals surface area contributed by atoms with E-state index in [9.17, 15) is 10.2 Å². The van der Waals surface area contributed by atoms with Gasteiger partial charge in [0.2, 0.25) is 0 Å². The first kappa shape index (κ1) is 30.3. The van der Waals surface area contributed by atoms with Gasteiger partial charge >= 0.3 is 0 Å². The van der Waals surface area contributed by atoms with Crippen LogP contribution in [0.5, 0.6) is 0 Å². The van der Waals surface area contributed by atoms with Crippen LogP contribution in [-0.4, -0.2) is 27.8 Å². The standard InChI is InChI=1S/C40H52Cl2O2/c1-40(2)34-10-6-5-7-27(34)24(13-14-30-28-8-3-4-9-29(28)30)18-26-17-23-12-11-22(15-25(23)19-35(26)40)16-33-38(43)31-20-36(41)37(42)21-32(31)39(33)44/h3,8,15-16,20,23-26,28-30,35,37-39,43-44H,4-7,9-14,17-19,21H2,1-2H3/b33-16+. The number of allylic oxidation sites excluding steroid dienone is 8. The van der Waals surface area contributed by atoms with Crippen molar-refractivity contribution in [1.82, 2.24) is 0 Å². The Hall–Kier alpha value is -1.06. The molecule has 2 saturated carbocycles. The van der Waals surface area contributed by atoms with Gasteiger partial charge in [-0.05, 0) is 165 Å². The number of aliphatic hydroxyl groups excluding tert-OH is 2. The number of alkyl halides is 1. The Morgan fingerprint density at radius 3 is 2.61 bits per heavy atom. The van der Waals surface area contributed by atoms with E-state index in [2.05, 4.69) is 38.2 Å². The maximum atomic E-state index is 11.2. The molecule has 44 heavy (non-hydrogen) atoms. The Balaban J connectivity index is 1.02. The lowest BCUT2D eigenvalue weighted by Gasteiger charge is -2.49. The predicted octanol–water partition coefficient (Wildman–Crippen LogP) is 9.97. The third kappa shape index (κ3) is 5.12. The van der Waals surface area contributed by atoms with Gasteiger partial charge in [-0.2, -0.15) is 0 Å². The molecule has 8 aliphatic rings. The summed E-state index contributed by atoms with van der Waals surface area (Å²) in [4.78, 5) is 0. The van der Waals surface area contributed by atoms with Crippen LogP contribution in [0.2, 0.25) is 0 Å². The fourth-order valence-electron chi connectivity index (χ4n) is 11.7. The molecule has 2 nitrogen and oxygen atoms in total. The van der Waals surface area contributed by atoms with Crippen molar-refractivity contribution in [2.75, 3.05) is 0 Å². The molecule has 11 atom stereocenters. The first-order valence-corrected chi connectivity index (χ1v) is 18.9. The minimum atomic E-state index is -0.794. The number of hydrogen-bond donors (Lipinski definition) is 2. The second-order valence-electron chi connectivity index (χ2n) is 16.5. The van der Waals surface area contributed by atoms with Crippen molar-refractivity contribution in [2.45, 2.75) is 121 Å². The number of hydrogen-bond acceptors (Lipinski definition) is 2. The minimum Gasteiger partial charge on any atom is -0.384 e. The Labute approximate surface area is 275 Å². The molecule has 0 radical (unpaired) electrons. The average Bonchev–Trinajstić information content (AvgIpc) is 3.70. The zero-order chi connectivity index (χ0) is 30.3. The third-order valence-electron chi connectivity index (χ3n) is 14.1. The van der Waals surface area contributed by atoms with E-state index < -0.39 is 12.2 Å². The Kier molecular flexibility index (Phi) is 7.96. The molecule has 0 aromatic heterocycles. The van der Waals surface area contributed by atoms with Crippen molar-refractivity contribution in [3.63, 3.8) is 0 Å². The summed E-state index contributed by atoms with van der Waals surface area (Å²) in [5, 5.41) is 22.6. The first-order chi connectivity index (χ1) is 21.2. The molecule has 8 aliphatic carbocycles. The monoisotopic (exact) mass is 634 g/mol. The van der Waals surface area contributed by atoms with Crippen molar-refractivity contribution in [1.29, 1.82) is 0 Å². The van der Waals surface area contributed by atoms with Crippen molar-refractivity contribution in [2.24, 2.45) is 52.8 Å². The van der Waals surface area contributed by atoms with E-state index in [-0.39, 0.29) is 10.8 Å². The molecule has 0 saturated heterocycles.